The maximum Gasteiger partial charge on any atom is 0.255 e. The Morgan fingerprint density at radius 3 is 2.60 bits per heavy atom. The molecule has 0 radical (unpaired) electrons. The fourth-order valence-electron chi connectivity index (χ4n) is 2.29. The number of hydrogen-bond donors (Lipinski definition) is 1. The van der Waals surface area contributed by atoms with Crippen LogP contribution in [0, 0.1) is 0 Å². The second kappa shape index (κ2) is 7.59. The third kappa shape index (κ3) is 4.32. The van der Waals surface area contributed by atoms with Crippen LogP contribution in [0.3, 0.4) is 0 Å². The summed E-state index contributed by atoms with van der Waals surface area (Å²) in [5.74, 6) is 0.489. The van der Waals surface area contributed by atoms with E-state index in [1.54, 1.807) is 60.6 Å². The lowest BCUT2D eigenvalue weighted by Gasteiger charge is -2.05. The molecular formula is C18H15Cl2N3O2. The van der Waals surface area contributed by atoms with Gasteiger partial charge in [-0.25, -0.2) is 0 Å². The van der Waals surface area contributed by atoms with E-state index in [2.05, 4.69) is 10.4 Å². The molecule has 0 atom stereocenters. The largest absolute Gasteiger partial charge is 0.497 e. The Hall–Kier alpha value is -2.50. The molecule has 3 aromatic rings. The standard InChI is InChI=1S/C18H15Cl2N3O2/c1-25-15-5-3-13(4-6-15)18(24)22-14-9-21-23(11-14)10-12-2-7-16(19)17(20)8-12/h2-9,11H,10H2,1H3,(H,22,24). The maximum atomic E-state index is 12.2. The minimum atomic E-state index is -0.211. The fraction of sp³-hybridized carbons (Fsp3) is 0.111. The van der Waals surface area contributed by atoms with Crippen LogP contribution in [0.15, 0.2) is 54.9 Å². The second-order valence-electron chi connectivity index (χ2n) is 5.36. The molecule has 3 rings (SSSR count). The van der Waals surface area contributed by atoms with E-state index in [-0.39, 0.29) is 5.91 Å². The Morgan fingerprint density at radius 2 is 1.92 bits per heavy atom. The highest BCUT2D eigenvalue weighted by Crippen LogP contribution is 2.23. The van der Waals surface area contributed by atoms with E-state index >= 15 is 0 Å². The first-order valence-corrected chi connectivity index (χ1v) is 8.22. The highest BCUT2D eigenvalue weighted by molar-refractivity contribution is 6.42. The summed E-state index contributed by atoms with van der Waals surface area (Å²) < 4.78 is 6.79. The lowest BCUT2D eigenvalue weighted by atomic mass is 10.2. The Balaban J connectivity index is 1.66. The first-order valence-electron chi connectivity index (χ1n) is 7.47. The van der Waals surface area contributed by atoms with E-state index in [0.717, 1.165) is 5.56 Å². The van der Waals surface area contributed by atoms with Gasteiger partial charge in [-0.2, -0.15) is 5.10 Å². The van der Waals surface area contributed by atoms with Gasteiger partial charge in [-0.05, 0) is 42.0 Å². The van der Waals surface area contributed by atoms with E-state index in [9.17, 15) is 4.79 Å². The lowest BCUT2D eigenvalue weighted by Crippen LogP contribution is -2.11. The predicted octanol–water partition coefficient (Wildman–Crippen LogP) is 4.50. The number of halogens is 2. The molecule has 0 aliphatic rings. The van der Waals surface area contributed by atoms with Crippen molar-refractivity contribution in [1.82, 2.24) is 9.78 Å². The molecular weight excluding hydrogens is 361 g/mol. The number of ether oxygens (including phenoxy) is 1. The Morgan fingerprint density at radius 1 is 1.16 bits per heavy atom. The Kier molecular flexibility index (Phi) is 5.26. The van der Waals surface area contributed by atoms with Crippen LogP contribution in [0.4, 0.5) is 5.69 Å². The molecule has 0 spiro atoms. The van der Waals surface area contributed by atoms with Gasteiger partial charge >= 0.3 is 0 Å². The molecule has 1 heterocycles. The molecule has 128 valence electrons. The molecule has 25 heavy (non-hydrogen) atoms. The van der Waals surface area contributed by atoms with Gasteiger partial charge in [0.1, 0.15) is 5.75 Å². The van der Waals surface area contributed by atoms with Crippen LogP contribution >= 0.6 is 23.2 Å². The van der Waals surface area contributed by atoms with Crippen LogP contribution in [-0.4, -0.2) is 22.8 Å². The number of anilines is 1. The first kappa shape index (κ1) is 17.3. The number of hydrogen-bond acceptors (Lipinski definition) is 3. The monoisotopic (exact) mass is 375 g/mol. The third-order valence-electron chi connectivity index (χ3n) is 3.57. The number of nitrogens with zero attached hydrogens (tertiary/aromatic N) is 2. The molecule has 0 saturated carbocycles. The summed E-state index contributed by atoms with van der Waals surface area (Å²) >= 11 is 11.9. The number of nitrogens with one attached hydrogen (secondary N) is 1. The molecule has 0 saturated heterocycles. The number of carbonyl (C=O) groups excluding carboxylic acids is 1. The van der Waals surface area contributed by atoms with Crippen molar-refractivity contribution in [2.75, 3.05) is 12.4 Å². The average molecular weight is 376 g/mol. The van der Waals surface area contributed by atoms with Crippen molar-refractivity contribution in [2.24, 2.45) is 0 Å². The summed E-state index contributed by atoms with van der Waals surface area (Å²) in [6.07, 6.45) is 3.35. The Labute approximate surface area is 155 Å². The molecule has 1 amide bonds. The molecule has 0 fully saturated rings. The maximum absolute atomic E-state index is 12.2. The summed E-state index contributed by atoms with van der Waals surface area (Å²) in [5, 5.41) is 8.07. The highest BCUT2D eigenvalue weighted by Gasteiger charge is 2.08. The van der Waals surface area contributed by atoms with Crippen molar-refractivity contribution in [1.29, 1.82) is 0 Å². The normalized spacial score (nSPS) is 10.5. The molecule has 5 nitrogen and oxygen atoms in total. The Bertz CT molecular complexity index is 892. The van der Waals surface area contributed by atoms with Gasteiger partial charge in [0.25, 0.3) is 5.91 Å². The topological polar surface area (TPSA) is 56.1 Å². The summed E-state index contributed by atoms with van der Waals surface area (Å²) in [6.45, 7) is 0.523. The molecule has 0 aliphatic heterocycles. The van der Waals surface area contributed by atoms with Crippen LogP contribution in [0.5, 0.6) is 5.75 Å². The number of carbonyl (C=O) groups is 1. The lowest BCUT2D eigenvalue weighted by molar-refractivity contribution is 0.102. The van der Waals surface area contributed by atoms with Crippen molar-refractivity contribution in [2.45, 2.75) is 6.54 Å². The molecule has 2 aromatic carbocycles. The summed E-state index contributed by atoms with van der Waals surface area (Å²) in [4.78, 5) is 12.2. The number of amides is 1. The summed E-state index contributed by atoms with van der Waals surface area (Å²) in [7, 11) is 1.58. The third-order valence-corrected chi connectivity index (χ3v) is 4.31. The van der Waals surface area contributed by atoms with Crippen molar-refractivity contribution < 1.29 is 9.53 Å². The van der Waals surface area contributed by atoms with Crippen molar-refractivity contribution in [3.05, 3.63) is 76.0 Å². The highest BCUT2D eigenvalue weighted by atomic mass is 35.5. The quantitative estimate of drug-likeness (QED) is 0.714. The fourth-order valence-corrected chi connectivity index (χ4v) is 2.61. The first-order chi connectivity index (χ1) is 12.0. The molecule has 1 aromatic heterocycles. The number of rotatable bonds is 5. The van der Waals surface area contributed by atoms with Gasteiger partial charge in [-0.3, -0.25) is 9.48 Å². The van der Waals surface area contributed by atoms with Gasteiger partial charge in [0, 0.05) is 11.8 Å². The van der Waals surface area contributed by atoms with Crippen molar-refractivity contribution in [3.63, 3.8) is 0 Å². The van der Waals surface area contributed by atoms with E-state index in [1.165, 1.54) is 0 Å². The molecule has 0 aliphatic carbocycles. The zero-order valence-electron chi connectivity index (χ0n) is 13.4. The molecule has 1 N–H and O–H groups in total. The number of methoxy groups -OCH3 is 1. The van der Waals surface area contributed by atoms with Crippen LogP contribution in [-0.2, 0) is 6.54 Å². The van der Waals surface area contributed by atoms with E-state index in [4.69, 9.17) is 27.9 Å². The predicted molar refractivity (Wildman–Crippen MR) is 98.7 cm³/mol. The van der Waals surface area contributed by atoms with Gasteiger partial charge in [0.15, 0.2) is 0 Å². The second-order valence-corrected chi connectivity index (χ2v) is 6.17. The SMILES string of the molecule is COc1ccc(C(=O)Nc2cnn(Cc3ccc(Cl)c(Cl)c3)c2)cc1. The van der Waals surface area contributed by atoms with Gasteiger partial charge in [-0.1, -0.05) is 29.3 Å². The van der Waals surface area contributed by atoms with Crippen molar-refractivity contribution >= 4 is 34.8 Å². The van der Waals surface area contributed by atoms with Crippen LogP contribution in [0.1, 0.15) is 15.9 Å². The van der Waals surface area contributed by atoms with E-state index in [1.807, 2.05) is 6.07 Å². The smallest absolute Gasteiger partial charge is 0.255 e. The van der Waals surface area contributed by atoms with Crippen LogP contribution < -0.4 is 10.1 Å². The van der Waals surface area contributed by atoms with Gasteiger partial charge in [0.05, 0.1) is 35.6 Å². The van der Waals surface area contributed by atoms with E-state index < -0.39 is 0 Å². The number of aromatic nitrogens is 2. The van der Waals surface area contributed by atoms with Crippen molar-refractivity contribution in [3.8, 4) is 5.75 Å². The minimum Gasteiger partial charge on any atom is -0.497 e. The minimum absolute atomic E-state index is 0.211. The summed E-state index contributed by atoms with van der Waals surface area (Å²) in [5.41, 5.74) is 2.12. The zero-order chi connectivity index (χ0) is 17.8. The van der Waals surface area contributed by atoms with Crippen LogP contribution in [0.25, 0.3) is 0 Å². The van der Waals surface area contributed by atoms with Crippen LogP contribution in [0.2, 0.25) is 10.0 Å². The molecule has 0 bridgehead atoms. The average Bonchev–Trinajstić information content (AvgIpc) is 3.05. The zero-order valence-corrected chi connectivity index (χ0v) is 14.9. The van der Waals surface area contributed by atoms with E-state index in [0.29, 0.717) is 33.6 Å². The summed E-state index contributed by atoms with van der Waals surface area (Å²) in [6, 6.07) is 12.3. The van der Waals surface area contributed by atoms with Gasteiger partial charge < -0.3 is 10.1 Å². The van der Waals surface area contributed by atoms with Gasteiger partial charge in [-0.15, -0.1) is 0 Å². The van der Waals surface area contributed by atoms with Gasteiger partial charge in [0.2, 0.25) is 0 Å². The molecule has 0 unspecified atom stereocenters. The number of benzene rings is 2. The molecule has 7 heteroatoms.